The van der Waals surface area contributed by atoms with Crippen LogP contribution in [0.3, 0.4) is 0 Å². The lowest BCUT2D eigenvalue weighted by Gasteiger charge is -2.27. The summed E-state index contributed by atoms with van der Waals surface area (Å²) in [6.45, 7) is 7.19. The molecule has 0 amide bonds. The Morgan fingerprint density at radius 1 is 1.29 bits per heavy atom. The van der Waals surface area contributed by atoms with Crippen LogP contribution in [-0.4, -0.2) is 23.3 Å². The van der Waals surface area contributed by atoms with Crippen LogP contribution in [0.5, 0.6) is 0 Å². The van der Waals surface area contributed by atoms with Crippen LogP contribution in [0.25, 0.3) is 0 Å². The fourth-order valence-corrected chi connectivity index (χ4v) is 2.23. The van der Waals surface area contributed by atoms with Crippen LogP contribution in [0.4, 0.5) is 0 Å². The Morgan fingerprint density at radius 2 is 1.93 bits per heavy atom. The molecule has 2 N–H and O–H groups in total. The van der Waals surface area contributed by atoms with Crippen molar-refractivity contribution in [1.29, 1.82) is 0 Å². The Bertz CT molecular complexity index is 166. The van der Waals surface area contributed by atoms with E-state index in [1.54, 1.807) is 0 Å². The van der Waals surface area contributed by atoms with Crippen LogP contribution >= 0.6 is 0 Å². The maximum Gasteiger partial charge on any atom is 0.0766 e. The van der Waals surface area contributed by atoms with Gasteiger partial charge in [-0.1, -0.05) is 20.8 Å². The summed E-state index contributed by atoms with van der Waals surface area (Å²) in [5.74, 6) is 0.865. The molecule has 1 aliphatic carbocycles. The molecule has 14 heavy (non-hydrogen) atoms. The first-order valence-electron chi connectivity index (χ1n) is 6.05. The molecule has 1 rings (SSSR count). The molecule has 2 nitrogen and oxygen atoms in total. The van der Waals surface area contributed by atoms with Gasteiger partial charge in [0.2, 0.25) is 0 Å². The van der Waals surface area contributed by atoms with Crippen molar-refractivity contribution in [2.24, 2.45) is 5.92 Å². The van der Waals surface area contributed by atoms with Crippen molar-refractivity contribution in [3.05, 3.63) is 0 Å². The molecule has 1 fully saturated rings. The number of hydrogen-bond acceptors (Lipinski definition) is 2. The predicted molar refractivity (Wildman–Crippen MR) is 60.3 cm³/mol. The minimum Gasteiger partial charge on any atom is -0.389 e. The van der Waals surface area contributed by atoms with Gasteiger partial charge in [-0.3, -0.25) is 0 Å². The molecule has 2 unspecified atom stereocenters. The van der Waals surface area contributed by atoms with E-state index in [1.807, 2.05) is 0 Å². The molecule has 0 bridgehead atoms. The van der Waals surface area contributed by atoms with Crippen LogP contribution in [0.1, 0.15) is 52.9 Å². The maximum absolute atomic E-state index is 10.1. The SMILES string of the molecule is CCC(O)(CC)CNC1CCC(C)C1. The molecule has 1 aliphatic rings. The highest BCUT2D eigenvalue weighted by atomic mass is 16.3. The topological polar surface area (TPSA) is 32.3 Å². The van der Waals surface area contributed by atoms with Crippen LogP contribution in [0, 0.1) is 5.92 Å². The number of nitrogens with one attached hydrogen (secondary N) is 1. The van der Waals surface area contributed by atoms with Crippen LogP contribution in [0.2, 0.25) is 0 Å². The smallest absolute Gasteiger partial charge is 0.0766 e. The average Bonchev–Trinajstić information content (AvgIpc) is 2.61. The summed E-state index contributed by atoms with van der Waals surface area (Å²) < 4.78 is 0. The van der Waals surface area contributed by atoms with Crippen molar-refractivity contribution < 1.29 is 5.11 Å². The minimum absolute atomic E-state index is 0.480. The summed E-state index contributed by atoms with van der Waals surface area (Å²) in [6, 6.07) is 0.648. The third-order valence-corrected chi connectivity index (χ3v) is 3.73. The van der Waals surface area contributed by atoms with E-state index >= 15 is 0 Å². The van der Waals surface area contributed by atoms with Crippen LogP contribution < -0.4 is 5.32 Å². The molecular weight excluding hydrogens is 174 g/mol. The van der Waals surface area contributed by atoms with Gasteiger partial charge >= 0.3 is 0 Å². The standard InChI is InChI=1S/C12H25NO/c1-4-12(14,5-2)9-13-11-7-6-10(3)8-11/h10-11,13-14H,4-9H2,1-3H3. The average molecular weight is 199 g/mol. The van der Waals surface area contributed by atoms with Gasteiger partial charge in [0, 0.05) is 12.6 Å². The summed E-state index contributed by atoms with van der Waals surface area (Å²) >= 11 is 0. The van der Waals surface area contributed by atoms with Crippen molar-refractivity contribution in [3.63, 3.8) is 0 Å². The first-order valence-corrected chi connectivity index (χ1v) is 6.05. The summed E-state index contributed by atoms with van der Waals surface area (Å²) in [6.07, 6.45) is 5.60. The van der Waals surface area contributed by atoms with E-state index in [0.717, 1.165) is 25.3 Å². The second-order valence-electron chi connectivity index (χ2n) is 4.93. The van der Waals surface area contributed by atoms with Gasteiger partial charge in [0.05, 0.1) is 5.60 Å². The second kappa shape index (κ2) is 5.13. The fraction of sp³-hybridized carbons (Fsp3) is 1.00. The summed E-state index contributed by atoms with van der Waals surface area (Å²) in [4.78, 5) is 0. The minimum atomic E-state index is -0.480. The number of hydrogen-bond donors (Lipinski definition) is 2. The molecule has 0 saturated heterocycles. The molecule has 0 heterocycles. The van der Waals surface area contributed by atoms with Crippen LogP contribution in [-0.2, 0) is 0 Å². The predicted octanol–water partition coefficient (Wildman–Crippen LogP) is 2.32. The summed E-state index contributed by atoms with van der Waals surface area (Å²) in [7, 11) is 0. The van der Waals surface area contributed by atoms with E-state index in [2.05, 4.69) is 26.1 Å². The molecule has 2 heteroatoms. The van der Waals surface area contributed by atoms with Gasteiger partial charge in [-0.2, -0.15) is 0 Å². The van der Waals surface area contributed by atoms with Gasteiger partial charge in [-0.25, -0.2) is 0 Å². The van der Waals surface area contributed by atoms with E-state index < -0.39 is 5.60 Å². The molecule has 0 aliphatic heterocycles. The first-order chi connectivity index (χ1) is 6.59. The quantitative estimate of drug-likeness (QED) is 0.712. The van der Waals surface area contributed by atoms with E-state index in [-0.39, 0.29) is 0 Å². The van der Waals surface area contributed by atoms with Gasteiger partial charge in [0.1, 0.15) is 0 Å². The molecule has 1 saturated carbocycles. The highest BCUT2D eigenvalue weighted by Gasteiger charge is 2.26. The summed E-state index contributed by atoms with van der Waals surface area (Å²) in [5, 5.41) is 13.6. The zero-order chi connectivity index (χ0) is 10.6. The monoisotopic (exact) mass is 199 g/mol. The largest absolute Gasteiger partial charge is 0.389 e. The zero-order valence-electron chi connectivity index (χ0n) is 9.84. The van der Waals surface area contributed by atoms with E-state index in [0.29, 0.717) is 6.04 Å². The molecule has 2 atom stereocenters. The Labute approximate surface area is 88.1 Å². The zero-order valence-corrected chi connectivity index (χ0v) is 9.84. The Balaban J connectivity index is 2.25. The molecule has 0 aromatic heterocycles. The van der Waals surface area contributed by atoms with Crippen molar-refractivity contribution in [3.8, 4) is 0 Å². The van der Waals surface area contributed by atoms with E-state index in [4.69, 9.17) is 0 Å². The lowest BCUT2D eigenvalue weighted by atomic mass is 9.97. The highest BCUT2D eigenvalue weighted by molar-refractivity contribution is 4.84. The second-order valence-corrected chi connectivity index (χ2v) is 4.93. The third-order valence-electron chi connectivity index (χ3n) is 3.73. The third kappa shape index (κ3) is 3.25. The number of aliphatic hydroxyl groups is 1. The lowest BCUT2D eigenvalue weighted by molar-refractivity contribution is 0.0299. The van der Waals surface area contributed by atoms with Gasteiger partial charge < -0.3 is 10.4 Å². The molecule has 0 aromatic rings. The van der Waals surface area contributed by atoms with Crippen molar-refractivity contribution >= 4 is 0 Å². The normalized spacial score (nSPS) is 28.3. The molecular formula is C12H25NO. The van der Waals surface area contributed by atoms with Crippen LogP contribution in [0.15, 0.2) is 0 Å². The van der Waals surface area contributed by atoms with Crippen molar-refractivity contribution in [1.82, 2.24) is 5.32 Å². The van der Waals surface area contributed by atoms with Gasteiger partial charge in [-0.15, -0.1) is 0 Å². The maximum atomic E-state index is 10.1. The van der Waals surface area contributed by atoms with E-state index in [1.165, 1.54) is 19.3 Å². The fourth-order valence-electron chi connectivity index (χ4n) is 2.23. The Morgan fingerprint density at radius 3 is 2.36 bits per heavy atom. The Hall–Kier alpha value is -0.0800. The van der Waals surface area contributed by atoms with Crippen molar-refractivity contribution in [2.75, 3.05) is 6.54 Å². The highest BCUT2D eigenvalue weighted by Crippen LogP contribution is 2.25. The molecule has 84 valence electrons. The van der Waals surface area contributed by atoms with Gasteiger partial charge in [0.15, 0.2) is 0 Å². The molecule has 0 aromatic carbocycles. The van der Waals surface area contributed by atoms with Crippen molar-refractivity contribution in [2.45, 2.75) is 64.5 Å². The number of rotatable bonds is 5. The van der Waals surface area contributed by atoms with Gasteiger partial charge in [-0.05, 0) is 38.0 Å². The first kappa shape index (κ1) is 12.0. The van der Waals surface area contributed by atoms with E-state index in [9.17, 15) is 5.11 Å². The molecule has 0 radical (unpaired) electrons. The summed E-state index contributed by atoms with van der Waals surface area (Å²) in [5.41, 5.74) is -0.480. The van der Waals surface area contributed by atoms with Gasteiger partial charge in [0.25, 0.3) is 0 Å². The molecule has 0 spiro atoms. The Kier molecular flexibility index (Phi) is 4.39. The lowest BCUT2D eigenvalue weighted by Crippen LogP contribution is -2.43.